The molecule has 0 saturated carbocycles. The Kier molecular flexibility index (Phi) is 5.55. The maximum atomic E-state index is 13.5. The van der Waals surface area contributed by atoms with E-state index >= 15 is 0 Å². The first-order chi connectivity index (χ1) is 12.3. The van der Waals surface area contributed by atoms with E-state index in [9.17, 15) is 14.0 Å². The molecule has 1 aliphatic rings. The van der Waals surface area contributed by atoms with E-state index < -0.39 is 5.97 Å². The number of ether oxygens (including phenoxy) is 1. The maximum absolute atomic E-state index is 13.5. The largest absolute Gasteiger partial charge is 0.480 e. The van der Waals surface area contributed by atoms with Crippen molar-refractivity contribution in [2.75, 3.05) is 39.8 Å². The zero-order valence-electron chi connectivity index (χ0n) is 14.7. The van der Waals surface area contributed by atoms with Gasteiger partial charge in [-0.25, -0.2) is 4.39 Å². The number of fused-ring (bicyclic) bond motifs is 1. The summed E-state index contributed by atoms with van der Waals surface area (Å²) in [5.74, 6) is -1.30. The molecular weight excluding hydrogens is 359 g/mol. The van der Waals surface area contributed by atoms with Crippen molar-refractivity contribution in [3.05, 3.63) is 34.5 Å². The van der Waals surface area contributed by atoms with Crippen molar-refractivity contribution in [3.8, 4) is 0 Å². The van der Waals surface area contributed by atoms with Gasteiger partial charge in [-0.15, -0.1) is 11.3 Å². The van der Waals surface area contributed by atoms with E-state index in [-0.39, 0.29) is 24.4 Å². The molecule has 2 aromatic rings. The van der Waals surface area contributed by atoms with Crippen molar-refractivity contribution in [3.63, 3.8) is 0 Å². The van der Waals surface area contributed by atoms with E-state index in [0.717, 1.165) is 15.6 Å². The van der Waals surface area contributed by atoms with Crippen LogP contribution in [0.3, 0.4) is 0 Å². The van der Waals surface area contributed by atoms with E-state index in [0.29, 0.717) is 31.1 Å². The first kappa shape index (κ1) is 18.8. The van der Waals surface area contributed by atoms with Gasteiger partial charge in [0.15, 0.2) is 0 Å². The Hall–Kier alpha value is -2.03. The van der Waals surface area contributed by atoms with Gasteiger partial charge < -0.3 is 14.7 Å². The Bertz CT molecular complexity index is 838. The number of nitrogens with zero attached hydrogens (tertiary/aromatic N) is 2. The molecule has 0 unspecified atom stereocenters. The average molecular weight is 380 g/mol. The number of aliphatic carboxylic acids is 1. The Labute approximate surface area is 154 Å². The lowest BCUT2D eigenvalue weighted by atomic mass is 10.1. The molecule has 1 fully saturated rings. The molecule has 1 N–H and O–H groups in total. The molecule has 3 rings (SSSR count). The number of halogens is 1. The summed E-state index contributed by atoms with van der Waals surface area (Å²) in [5.41, 5.74) is 0.792. The molecule has 6 nitrogen and oxygen atoms in total. The van der Waals surface area contributed by atoms with E-state index in [1.54, 1.807) is 22.9 Å². The SMILES string of the molecule is Cc1c(C(=O)N2CCO[C@H](CN(C)CC(=O)O)C2)sc2ccc(F)cc12. The topological polar surface area (TPSA) is 70.1 Å². The number of rotatable bonds is 5. The van der Waals surface area contributed by atoms with E-state index in [1.165, 1.54) is 23.5 Å². The molecule has 2 heterocycles. The van der Waals surface area contributed by atoms with Crippen LogP contribution in [0.2, 0.25) is 0 Å². The van der Waals surface area contributed by atoms with Crippen LogP contribution in [-0.2, 0) is 9.53 Å². The molecule has 8 heteroatoms. The van der Waals surface area contributed by atoms with Crippen LogP contribution in [0, 0.1) is 12.7 Å². The summed E-state index contributed by atoms with van der Waals surface area (Å²) in [7, 11) is 1.71. The van der Waals surface area contributed by atoms with Gasteiger partial charge in [-0.3, -0.25) is 14.5 Å². The highest BCUT2D eigenvalue weighted by molar-refractivity contribution is 7.21. The van der Waals surface area contributed by atoms with Gasteiger partial charge in [-0.2, -0.15) is 0 Å². The number of benzene rings is 1. The zero-order valence-corrected chi connectivity index (χ0v) is 15.5. The number of thiophene rings is 1. The van der Waals surface area contributed by atoms with Gasteiger partial charge >= 0.3 is 5.97 Å². The van der Waals surface area contributed by atoms with Crippen LogP contribution in [0.5, 0.6) is 0 Å². The lowest BCUT2D eigenvalue weighted by molar-refractivity contribution is -0.138. The summed E-state index contributed by atoms with van der Waals surface area (Å²) in [4.78, 5) is 27.8. The molecule has 0 aliphatic carbocycles. The number of hydrogen-bond donors (Lipinski definition) is 1. The van der Waals surface area contributed by atoms with Crippen LogP contribution in [0.4, 0.5) is 4.39 Å². The molecule has 1 atom stereocenters. The quantitative estimate of drug-likeness (QED) is 0.861. The van der Waals surface area contributed by atoms with Crippen LogP contribution in [0.1, 0.15) is 15.2 Å². The third-order valence-electron chi connectivity index (χ3n) is 4.44. The number of carboxylic acids is 1. The molecule has 1 aliphatic heterocycles. The van der Waals surface area contributed by atoms with Crippen LogP contribution < -0.4 is 0 Å². The number of carbonyl (C=O) groups is 2. The van der Waals surface area contributed by atoms with Crippen molar-refractivity contribution >= 4 is 33.3 Å². The fraction of sp³-hybridized carbons (Fsp3) is 0.444. The van der Waals surface area contributed by atoms with Crippen molar-refractivity contribution < 1.29 is 23.8 Å². The second kappa shape index (κ2) is 7.69. The van der Waals surface area contributed by atoms with Crippen molar-refractivity contribution in [2.45, 2.75) is 13.0 Å². The van der Waals surface area contributed by atoms with Gasteiger partial charge in [-0.05, 0) is 43.1 Å². The summed E-state index contributed by atoms with van der Waals surface area (Å²) in [5, 5.41) is 9.62. The number of carboxylic acid groups (broad SMARTS) is 1. The lowest BCUT2D eigenvalue weighted by Crippen LogP contribution is -2.49. The zero-order chi connectivity index (χ0) is 18.8. The molecule has 0 spiro atoms. The second-order valence-electron chi connectivity index (χ2n) is 6.53. The normalized spacial score (nSPS) is 17.8. The monoisotopic (exact) mass is 380 g/mol. The minimum Gasteiger partial charge on any atom is -0.480 e. The van der Waals surface area contributed by atoms with Crippen LogP contribution in [0.15, 0.2) is 18.2 Å². The maximum Gasteiger partial charge on any atom is 0.317 e. The summed E-state index contributed by atoms with van der Waals surface area (Å²) >= 11 is 1.37. The minimum absolute atomic E-state index is 0.0746. The molecule has 1 saturated heterocycles. The van der Waals surface area contributed by atoms with Crippen molar-refractivity contribution in [1.82, 2.24) is 9.80 Å². The van der Waals surface area contributed by atoms with Gasteiger partial charge in [0.25, 0.3) is 5.91 Å². The third kappa shape index (κ3) is 4.03. The number of carbonyl (C=O) groups excluding carboxylic acids is 1. The Morgan fingerprint density at radius 2 is 2.23 bits per heavy atom. The molecule has 1 aromatic carbocycles. The predicted octanol–water partition coefficient (Wildman–Crippen LogP) is 2.21. The molecular formula is C18H21FN2O4S. The summed E-state index contributed by atoms with van der Waals surface area (Å²) < 4.78 is 20.1. The first-order valence-electron chi connectivity index (χ1n) is 8.35. The minimum atomic E-state index is -0.899. The number of aryl methyl sites for hydroxylation is 1. The van der Waals surface area contributed by atoms with Crippen molar-refractivity contribution in [2.24, 2.45) is 0 Å². The number of amides is 1. The molecule has 140 valence electrons. The van der Waals surface area contributed by atoms with Crippen molar-refractivity contribution in [1.29, 1.82) is 0 Å². The number of morpholine rings is 1. The van der Waals surface area contributed by atoms with Gasteiger partial charge in [-0.1, -0.05) is 0 Å². The van der Waals surface area contributed by atoms with Crippen LogP contribution in [0.25, 0.3) is 10.1 Å². The average Bonchev–Trinajstić information content (AvgIpc) is 2.90. The lowest BCUT2D eigenvalue weighted by Gasteiger charge is -2.34. The van der Waals surface area contributed by atoms with Crippen LogP contribution >= 0.6 is 11.3 Å². The number of likely N-dealkylation sites (N-methyl/N-ethyl adjacent to an activating group) is 1. The smallest absolute Gasteiger partial charge is 0.317 e. The van der Waals surface area contributed by atoms with Gasteiger partial charge in [0.05, 0.1) is 24.1 Å². The third-order valence-corrected chi connectivity index (χ3v) is 5.70. The molecule has 0 radical (unpaired) electrons. The Morgan fingerprint density at radius 1 is 1.46 bits per heavy atom. The first-order valence-corrected chi connectivity index (χ1v) is 9.16. The van der Waals surface area contributed by atoms with Gasteiger partial charge in [0.1, 0.15) is 5.82 Å². The Balaban J connectivity index is 1.73. The Morgan fingerprint density at radius 3 is 2.96 bits per heavy atom. The molecule has 1 amide bonds. The van der Waals surface area contributed by atoms with E-state index in [1.807, 2.05) is 6.92 Å². The highest BCUT2D eigenvalue weighted by Gasteiger charge is 2.28. The molecule has 0 bridgehead atoms. The summed E-state index contributed by atoms with van der Waals surface area (Å²) in [6, 6.07) is 4.55. The number of hydrogen-bond acceptors (Lipinski definition) is 5. The highest BCUT2D eigenvalue weighted by Crippen LogP contribution is 2.32. The molecule has 1 aromatic heterocycles. The predicted molar refractivity (Wildman–Crippen MR) is 97.3 cm³/mol. The standard InChI is InChI=1S/C18H21FN2O4S/c1-11-14-7-12(19)3-4-15(14)26-17(11)18(24)21-5-6-25-13(9-21)8-20(2)10-16(22)23/h3-4,7,13H,5-6,8-10H2,1-2H3,(H,22,23)/t13-/m1/s1. The van der Waals surface area contributed by atoms with Crippen LogP contribution in [-0.4, -0.2) is 72.7 Å². The highest BCUT2D eigenvalue weighted by atomic mass is 32.1. The van der Waals surface area contributed by atoms with Gasteiger partial charge in [0.2, 0.25) is 0 Å². The fourth-order valence-corrected chi connectivity index (χ4v) is 4.36. The summed E-state index contributed by atoms with van der Waals surface area (Å²) in [6.45, 7) is 3.51. The van der Waals surface area contributed by atoms with Gasteiger partial charge in [0, 0.05) is 24.3 Å². The van der Waals surface area contributed by atoms with E-state index in [4.69, 9.17) is 9.84 Å². The second-order valence-corrected chi connectivity index (χ2v) is 7.58. The molecule has 26 heavy (non-hydrogen) atoms. The fourth-order valence-electron chi connectivity index (χ4n) is 3.20. The van der Waals surface area contributed by atoms with E-state index in [2.05, 4.69) is 0 Å². The summed E-state index contributed by atoms with van der Waals surface area (Å²) in [6.07, 6.45) is -0.232.